The van der Waals surface area contributed by atoms with Gasteiger partial charge in [-0.3, -0.25) is 14.4 Å². The molecule has 11 nitrogen and oxygen atoms in total. The molecule has 0 saturated heterocycles. The second kappa shape index (κ2) is 14.8. The van der Waals surface area contributed by atoms with Gasteiger partial charge in [0.2, 0.25) is 0 Å². The van der Waals surface area contributed by atoms with Crippen molar-refractivity contribution in [1.82, 2.24) is 19.3 Å². The van der Waals surface area contributed by atoms with Gasteiger partial charge in [-0.2, -0.15) is 0 Å². The fourth-order valence-corrected chi connectivity index (χ4v) is 7.50. The fourth-order valence-electron chi connectivity index (χ4n) is 7.50. The van der Waals surface area contributed by atoms with Crippen LogP contribution < -0.4 is 9.64 Å². The molecule has 5 aromatic rings. The third-order valence-electron chi connectivity index (χ3n) is 10.9. The third kappa shape index (κ3) is 7.17. The third-order valence-corrected chi connectivity index (χ3v) is 10.9. The van der Waals surface area contributed by atoms with E-state index in [0.29, 0.717) is 47.6 Å². The van der Waals surface area contributed by atoms with Crippen LogP contribution in [0.2, 0.25) is 0 Å². The molecule has 0 unspecified atom stereocenters. The molecule has 0 radical (unpaired) electrons. The first-order valence-electron chi connectivity index (χ1n) is 18.4. The SMILES string of the molecule is Cc1c(C(=O)N(C)c2ccc(O)cc2)cc(-c2cc3c(cc2C(=O)N2Cc4ccccc4C[C@H]2C)CN(C(=O)Oc2ccc(C(=O)N(C)C)cc2)CC3)n1C. The van der Waals surface area contributed by atoms with Gasteiger partial charge in [-0.15, -0.1) is 0 Å². The van der Waals surface area contributed by atoms with Crippen LogP contribution >= 0.6 is 0 Å². The number of hydrogen-bond donors (Lipinski definition) is 1. The molecule has 11 heteroatoms. The molecule has 4 aromatic carbocycles. The van der Waals surface area contributed by atoms with Gasteiger partial charge in [-0.05, 0) is 116 Å². The number of hydrogen-bond acceptors (Lipinski definition) is 6. The molecule has 1 atom stereocenters. The number of carbonyl (C=O) groups is 4. The number of anilines is 1. The topological polar surface area (TPSA) is 116 Å². The van der Waals surface area contributed by atoms with Gasteiger partial charge in [0.15, 0.2) is 0 Å². The minimum Gasteiger partial charge on any atom is -0.508 e. The van der Waals surface area contributed by atoms with Crippen molar-refractivity contribution in [3.05, 3.63) is 136 Å². The van der Waals surface area contributed by atoms with Crippen LogP contribution in [0.15, 0.2) is 91.0 Å². The molecule has 0 aliphatic carbocycles. The van der Waals surface area contributed by atoms with E-state index in [9.17, 15) is 24.3 Å². The van der Waals surface area contributed by atoms with Crippen molar-refractivity contribution in [3.63, 3.8) is 0 Å². The number of ether oxygens (including phenoxy) is 1. The number of carbonyl (C=O) groups excluding carboxylic acids is 4. The van der Waals surface area contributed by atoms with Gasteiger partial charge in [-0.25, -0.2) is 4.79 Å². The average molecular weight is 740 g/mol. The molecule has 1 N–H and O–H groups in total. The van der Waals surface area contributed by atoms with Crippen LogP contribution in [0.1, 0.15) is 65.9 Å². The van der Waals surface area contributed by atoms with Crippen LogP contribution in [0.3, 0.4) is 0 Å². The Kier molecular flexibility index (Phi) is 9.96. The quantitative estimate of drug-likeness (QED) is 0.204. The lowest BCUT2D eigenvalue weighted by Gasteiger charge is -2.36. The Hall–Kier alpha value is -6.36. The molecular weight excluding hydrogens is 695 g/mol. The number of amides is 4. The van der Waals surface area contributed by atoms with E-state index in [4.69, 9.17) is 4.74 Å². The molecule has 55 heavy (non-hydrogen) atoms. The van der Waals surface area contributed by atoms with Crippen LogP contribution in [-0.2, 0) is 33.0 Å². The fraction of sp³-hybridized carbons (Fsp3) is 0.273. The van der Waals surface area contributed by atoms with Crippen molar-refractivity contribution >= 4 is 29.5 Å². The standard InChI is InChI=1S/C44H45N5O6/c1-27-21-30-9-7-8-10-32(30)26-49(27)43(53)39-23-33-25-48(44(54)55-36-17-11-29(12-18-36)41(51)45(3)4)20-19-31(33)22-38(39)40-24-37(28(2)46(40)5)42(52)47(6)34-13-15-35(50)16-14-34/h7-18,22-24,27,50H,19-21,25-26H2,1-6H3/t27-/m1/s1. The Morgan fingerprint density at radius 2 is 1.47 bits per heavy atom. The lowest BCUT2D eigenvalue weighted by atomic mass is 9.90. The van der Waals surface area contributed by atoms with Crippen LogP contribution in [-0.4, -0.2) is 81.9 Å². The molecule has 1 aromatic heterocycles. The zero-order valence-corrected chi connectivity index (χ0v) is 32.0. The lowest BCUT2D eigenvalue weighted by Crippen LogP contribution is -2.43. The Morgan fingerprint density at radius 1 is 0.782 bits per heavy atom. The molecule has 3 heterocycles. The average Bonchev–Trinajstić information content (AvgIpc) is 3.48. The predicted molar refractivity (Wildman–Crippen MR) is 211 cm³/mol. The van der Waals surface area contributed by atoms with Gasteiger partial charge in [0, 0.05) is 87.6 Å². The van der Waals surface area contributed by atoms with Crippen LogP contribution in [0.5, 0.6) is 11.5 Å². The highest BCUT2D eigenvalue weighted by Gasteiger charge is 2.33. The number of phenolic OH excluding ortho intramolecular Hbond substituents is 1. The smallest absolute Gasteiger partial charge is 0.415 e. The van der Waals surface area contributed by atoms with Gasteiger partial charge < -0.3 is 34.0 Å². The first-order chi connectivity index (χ1) is 26.3. The number of fused-ring (bicyclic) bond motifs is 2. The van der Waals surface area contributed by atoms with Gasteiger partial charge in [0.25, 0.3) is 17.7 Å². The molecule has 0 saturated carbocycles. The molecule has 0 spiro atoms. The van der Waals surface area contributed by atoms with Gasteiger partial charge in [0.1, 0.15) is 11.5 Å². The molecular formula is C44H45N5O6. The summed E-state index contributed by atoms with van der Waals surface area (Å²) in [4.78, 5) is 61.1. The molecule has 2 aliphatic rings. The van der Waals surface area contributed by atoms with Crippen LogP contribution in [0, 0.1) is 6.92 Å². The minimum absolute atomic E-state index is 0.0524. The number of rotatable bonds is 6. The van der Waals surface area contributed by atoms with E-state index in [2.05, 4.69) is 19.1 Å². The van der Waals surface area contributed by atoms with E-state index in [-0.39, 0.29) is 36.1 Å². The summed E-state index contributed by atoms with van der Waals surface area (Å²) in [6.07, 6.45) is 0.751. The van der Waals surface area contributed by atoms with Crippen LogP contribution in [0.4, 0.5) is 10.5 Å². The summed E-state index contributed by atoms with van der Waals surface area (Å²) in [5.41, 5.74) is 8.51. The van der Waals surface area contributed by atoms with Crippen molar-refractivity contribution in [2.45, 2.75) is 45.8 Å². The van der Waals surface area contributed by atoms with E-state index < -0.39 is 6.09 Å². The number of benzene rings is 4. The maximum absolute atomic E-state index is 14.8. The van der Waals surface area contributed by atoms with Gasteiger partial charge in [0.05, 0.1) is 5.56 Å². The van der Waals surface area contributed by atoms with Crippen molar-refractivity contribution in [1.29, 1.82) is 0 Å². The number of nitrogens with zero attached hydrogens (tertiary/aromatic N) is 5. The summed E-state index contributed by atoms with van der Waals surface area (Å²) in [5.74, 6) is -0.0431. The number of aromatic nitrogens is 1. The summed E-state index contributed by atoms with van der Waals surface area (Å²) < 4.78 is 7.68. The highest BCUT2D eigenvalue weighted by molar-refractivity contribution is 6.08. The maximum Gasteiger partial charge on any atom is 0.415 e. The van der Waals surface area contributed by atoms with Crippen molar-refractivity contribution in [2.24, 2.45) is 7.05 Å². The van der Waals surface area contributed by atoms with E-state index in [1.807, 2.05) is 53.8 Å². The van der Waals surface area contributed by atoms with Crippen molar-refractivity contribution < 1.29 is 29.0 Å². The van der Waals surface area contributed by atoms with E-state index in [1.54, 1.807) is 79.5 Å². The molecule has 0 bridgehead atoms. The Morgan fingerprint density at radius 3 is 2.16 bits per heavy atom. The minimum atomic E-state index is -0.519. The zero-order chi connectivity index (χ0) is 39.1. The number of phenols is 1. The highest BCUT2D eigenvalue weighted by atomic mass is 16.6. The molecule has 4 amide bonds. The largest absolute Gasteiger partial charge is 0.508 e. The first-order valence-corrected chi connectivity index (χ1v) is 18.4. The van der Waals surface area contributed by atoms with E-state index >= 15 is 0 Å². The van der Waals surface area contributed by atoms with Crippen molar-refractivity contribution in [3.8, 4) is 22.8 Å². The Bertz CT molecular complexity index is 2310. The summed E-state index contributed by atoms with van der Waals surface area (Å²) in [6.45, 7) is 5.08. The first kappa shape index (κ1) is 37.0. The zero-order valence-electron chi connectivity index (χ0n) is 32.0. The highest BCUT2D eigenvalue weighted by Crippen LogP contribution is 2.36. The van der Waals surface area contributed by atoms with E-state index in [1.165, 1.54) is 10.5 Å². The number of aromatic hydroxyl groups is 1. The van der Waals surface area contributed by atoms with Crippen molar-refractivity contribution in [2.75, 3.05) is 32.6 Å². The normalized spacial score (nSPS) is 14.8. The maximum atomic E-state index is 14.8. The molecule has 2 aliphatic heterocycles. The summed E-state index contributed by atoms with van der Waals surface area (Å²) in [6, 6.07) is 26.9. The lowest BCUT2D eigenvalue weighted by molar-refractivity contribution is 0.0658. The summed E-state index contributed by atoms with van der Waals surface area (Å²) >= 11 is 0. The van der Waals surface area contributed by atoms with E-state index in [0.717, 1.165) is 40.1 Å². The van der Waals surface area contributed by atoms with Crippen LogP contribution in [0.25, 0.3) is 11.3 Å². The van der Waals surface area contributed by atoms with Gasteiger partial charge >= 0.3 is 6.09 Å². The Labute approximate surface area is 320 Å². The Balaban J connectivity index is 1.23. The molecule has 282 valence electrons. The van der Waals surface area contributed by atoms with Gasteiger partial charge in [-0.1, -0.05) is 24.3 Å². The second-order valence-electron chi connectivity index (χ2n) is 14.7. The molecule has 7 rings (SSSR count). The molecule has 0 fully saturated rings. The summed E-state index contributed by atoms with van der Waals surface area (Å²) in [7, 11) is 6.95. The summed E-state index contributed by atoms with van der Waals surface area (Å²) in [5, 5.41) is 9.78. The monoisotopic (exact) mass is 739 g/mol. The second-order valence-corrected chi connectivity index (χ2v) is 14.7. The predicted octanol–water partition coefficient (Wildman–Crippen LogP) is 6.83.